The average molecular weight is 373 g/mol. The highest BCUT2D eigenvalue weighted by Gasteiger charge is 2.15. The molecule has 2 aliphatic rings. The number of aliphatic hydroxyl groups is 1. The molecule has 8 heteroatoms. The van der Waals surface area contributed by atoms with E-state index in [1.807, 2.05) is 6.92 Å². The van der Waals surface area contributed by atoms with Crippen LogP contribution in [0, 0.1) is 6.92 Å². The summed E-state index contributed by atoms with van der Waals surface area (Å²) in [5, 5.41) is 25.4. The maximum absolute atomic E-state index is 11.9. The van der Waals surface area contributed by atoms with Crippen LogP contribution < -0.4 is 16.0 Å². The summed E-state index contributed by atoms with van der Waals surface area (Å²) in [6, 6.07) is 6.80. The van der Waals surface area contributed by atoms with Crippen LogP contribution in [0.25, 0.3) is 0 Å². The van der Waals surface area contributed by atoms with Crippen LogP contribution in [0.3, 0.4) is 0 Å². The van der Waals surface area contributed by atoms with Crippen LogP contribution in [0.4, 0.5) is 13.6 Å². The van der Waals surface area contributed by atoms with Crippen LogP contribution in [0.1, 0.15) is 36.8 Å². The summed E-state index contributed by atoms with van der Waals surface area (Å²) in [4.78, 5) is 9.96. The first-order valence-corrected chi connectivity index (χ1v) is 8.82. The van der Waals surface area contributed by atoms with E-state index >= 15 is 0 Å². The second-order valence-corrected chi connectivity index (χ2v) is 6.32. The summed E-state index contributed by atoms with van der Waals surface area (Å²) >= 11 is 0. The topological polar surface area (TPSA) is 93.6 Å². The molecule has 1 aromatic rings. The number of rotatable bonds is 4. The van der Waals surface area contributed by atoms with Gasteiger partial charge in [0, 0.05) is 24.7 Å². The average Bonchev–Trinajstić information content (AvgIpc) is 3.02. The zero-order valence-corrected chi connectivity index (χ0v) is 15.0. The van der Waals surface area contributed by atoms with Gasteiger partial charge in [0.05, 0.1) is 6.10 Å². The highest BCUT2D eigenvalue weighted by atomic mass is 19.3. The second-order valence-electron chi connectivity index (χ2n) is 6.32. The number of carbonyl (C=O) groups is 1. The van der Waals surface area contributed by atoms with Gasteiger partial charge in [-0.25, -0.2) is 13.6 Å². The number of benzene rings is 1. The third-order valence-electron chi connectivity index (χ3n) is 4.06. The summed E-state index contributed by atoms with van der Waals surface area (Å²) in [5.41, 5.74) is 1.09. The number of amides is 1. The van der Waals surface area contributed by atoms with Crippen LogP contribution in [0.15, 0.2) is 24.3 Å². The minimum absolute atomic E-state index is 0.0648. The zero-order valence-electron chi connectivity index (χ0n) is 15.0. The summed E-state index contributed by atoms with van der Waals surface area (Å²) < 4.78 is 23.8. The molecule has 0 radical (unpaired) electrons. The van der Waals surface area contributed by atoms with Crippen molar-refractivity contribution in [2.75, 3.05) is 26.2 Å². The molecule has 3 rings (SSSR count). The minimum atomic E-state index is -2.35. The molecule has 1 amide bonds. The molecule has 5 N–H and O–H groups in total. The minimum Gasteiger partial charge on any atom is -0.465 e. The Morgan fingerprint density at radius 1 is 1.27 bits per heavy atom. The third kappa shape index (κ3) is 10.3. The number of hydrogen-bond donors (Lipinski definition) is 5. The van der Waals surface area contributed by atoms with Crippen LogP contribution >= 0.6 is 0 Å². The monoisotopic (exact) mass is 373 g/mol. The summed E-state index contributed by atoms with van der Waals surface area (Å²) in [6.45, 7) is 5.29. The van der Waals surface area contributed by atoms with E-state index in [0.717, 1.165) is 38.0 Å². The Balaban J connectivity index is 0.000000201. The van der Waals surface area contributed by atoms with E-state index in [-0.39, 0.29) is 11.7 Å². The molecule has 26 heavy (non-hydrogen) atoms. The Hall–Kier alpha value is -1.77. The third-order valence-corrected chi connectivity index (χ3v) is 4.06. The molecule has 6 nitrogen and oxygen atoms in total. The van der Waals surface area contributed by atoms with Crippen LogP contribution in [-0.2, 0) is 0 Å². The molecule has 0 saturated carbocycles. The number of halogens is 2. The van der Waals surface area contributed by atoms with Crippen molar-refractivity contribution < 1.29 is 23.8 Å². The van der Waals surface area contributed by atoms with E-state index in [2.05, 4.69) is 16.0 Å². The molecule has 1 aromatic carbocycles. The maximum atomic E-state index is 11.9. The molecule has 2 heterocycles. The van der Waals surface area contributed by atoms with Gasteiger partial charge < -0.3 is 26.2 Å². The molecular formula is C18H29F2N3O3. The Labute approximate surface area is 153 Å². The number of aliphatic hydroxyl groups excluding tert-OH is 1. The molecule has 2 saturated heterocycles. The van der Waals surface area contributed by atoms with Gasteiger partial charge in [0.1, 0.15) is 0 Å². The normalized spacial score (nSPS) is 21.0. The molecule has 2 aliphatic heterocycles. The first kappa shape index (κ1) is 22.3. The maximum Gasteiger partial charge on any atom is 0.404 e. The Bertz CT molecular complexity index is 505. The lowest BCUT2D eigenvalue weighted by Gasteiger charge is -2.27. The number of nitrogens with one attached hydrogen (secondary N) is 3. The molecule has 2 fully saturated rings. The number of carboxylic acid groups (broad SMARTS) is 1. The van der Waals surface area contributed by atoms with Crippen molar-refractivity contribution in [3.8, 4) is 0 Å². The van der Waals surface area contributed by atoms with Crippen LogP contribution in [0.5, 0.6) is 0 Å². The molecule has 2 unspecified atom stereocenters. The SMILES string of the molecule is Cc1ccc(C(F)F)cc1.O=C(O)NCCC1CCN1.OC1CCNC1. The Morgan fingerprint density at radius 3 is 2.27 bits per heavy atom. The Morgan fingerprint density at radius 2 is 1.92 bits per heavy atom. The van der Waals surface area contributed by atoms with E-state index in [0.29, 0.717) is 12.6 Å². The van der Waals surface area contributed by atoms with Crippen molar-refractivity contribution in [1.82, 2.24) is 16.0 Å². The first-order chi connectivity index (χ1) is 12.4. The number of hydrogen-bond acceptors (Lipinski definition) is 4. The lowest BCUT2D eigenvalue weighted by molar-refractivity contribution is 0.151. The zero-order chi connectivity index (χ0) is 19.4. The van der Waals surface area contributed by atoms with Crippen LogP contribution in [-0.4, -0.2) is 54.6 Å². The molecule has 2 atom stereocenters. The van der Waals surface area contributed by atoms with Gasteiger partial charge in [0.2, 0.25) is 0 Å². The number of alkyl halides is 2. The fourth-order valence-electron chi connectivity index (χ4n) is 2.30. The summed E-state index contributed by atoms with van der Waals surface area (Å²) in [7, 11) is 0. The highest BCUT2D eigenvalue weighted by Crippen LogP contribution is 2.18. The van der Waals surface area contributed by atoms with Gasteiger partial charge in [-0.3, -0.25) is 0 Å². The van der Waals surface area contributed by atoms with Gasteiger partial charge >= 0.3 is 6.09 Å². The van der Waals surface area contributed by atoms with E-state index in [1.54, 1.807) is 12.1 Å². The fourth-order valence-corrected chi connectivity index (χ4v) is 2.30. The summed E-state index contributed by atoms with van der Waals surface area (Å²) in [6.07, 6.45) is -0.321. The largest absolute Gasteiger partial charge is 0.465 e. The van der Waals surface area contributed by atoms with Crippen molar-refractivity contribution in [2.45, 2.75) is 44.8 Å². The van der Waals surface area contributed by atoms with E-state index in [4.69, 9.17) is 10.2 Å². The standard InChI is InChI=1S/C8H8F2.C6H12N2O2.C4H9NO/c1-6-2-4-7(5-3-6)8(9)10;9-6(10)8-4-2-5-1-3-7-5;6-4-1-2-5-3-4/h2-5,8H,1H3;5,7-8H,1-4H2,(H,9,10);4-6H,1-3H2. The lowest BCUT2D eigenvalue weighted by Crippen LogP contribution is -2.44. The van der Waals surface area contributed by atoms with Gasteiger partial charge in [0.15, 0.2) is 0 Å². The van der Waals surface area contributed by atoms with Crippen molar-refractivity contribution in [2.24, 2.45) is 0 Å². The van der Waals surface area contributed by atoms with Gasteiger partial charge in [-0.05, 0) is 39.3 Å². The highest BCUT2D eigenvalue weighted by molar-refractivity contribution is 5.64. The predicted octanol–water partition coefficient (Wildman–Crippen LogP) is 2.28. The van der Waals surface area contributed by atoms with Crippen LogP contribution in [0.2, 0.25) is 0 Å². The van der Waals surface area contributed by atoms with Crippen molar-refractivity contribution in [3.05, 3.63) is 35.4 Å². The predicted molar refractivity (Wildman–Crippen MR) is 96.7 cm³/mol. The fraction of sp³-hybridized carbons (Fsp3) is 0.611. The van der Waals surface area contributed by atoms with E-state index in [9.17, 15) is 13.6 Å². The lowest BCUT2D eigenvalue weighted by atomic mass is 10.0. The summed E-state index contributed by atoms with van der Waals surface area (Å²) in [5.74, 6) is 0. The molecule has 0 aromatic heterocycles. The van der Waals surface area contributed by atoms with Crippen molar-refractivity contribution in [1.29, 1.82) is 0 Å². The molecule has 0 bridgehead atoms. The van der Waals surface area contributed by atoms with Gasteiger partial charge in [0.25, 0.3) is 6.43 Å². The van der Waals surface area contributed by atoms with Crippen molar-refractivity contribution in [3.63, 3.8) is 0 Å². The molecule has 0 aliphatic carbocycles. The van der Waals surface area contributed by atoms with Crippen molar-refractivity contribution >= 4 is 6.09 Å². The molecular weight excluding hydrogens is 344 g/mol. The van der Waals surface area contributed by atoms with Gasteiger partial charge in [-0.15, -0.1) is 0 Å². The number of aryl methyl sites for hydroxylation is 1. The van der Waals surface area contributed by atoms with Gasteiger partial charge in [-0.2, -0.15) is 0 Å². The first-order valence-electron chi connectivity index (χ1n) is 8.82. The smallest absolute Gasteiger partial charge is 0.404 e. The van der Waals surface area contributed by atoms with E-state index < -0.39 is 12.5 Å². The van der Waals surface area contributed by atoms with Gasteiger partial charge in [-0.1, -0.05) is 29.8 Å². The number of β-amino-alcohol motifs (C(OH)–C–C–N with tert-alkyl or cyclic N) is 1. The van der Waals surface area contributed by atoms with E-state index in [1.165, 1.54) is 18.6 Å². The molecule has 148 valence electrons. The quantitative estimate of drug-likeness (QED) is 0.558. The molecule has 0 spiro atoms. The second kappa shape index (κ2) is 12.6. The Kier molecular flexibility index (Phi) is 10.8.